The monoisotopic (exact) mass is 278 g/mol. The summed E-state index contributed by atoms with van der Waals surface area (Å²) in [5.41, 5.74) is 0.726. The Bertz CT molecular complexity index is 712. The molecule has 0 fully saturated rings. The van der Waals surface area contributed by atoms with E-state index in [1.165, 1.54) is 4.52 Å². The number of carboxylic acids is 1. The Labute approximate surface area is 115 Å². The predicted molar refractivity (Wildman–Crippen MR) is 73.1 cm³/mol. The van der Waals surface area contributed by atoms with Gasteiger partial charge in [0.2, 0.25) is 0 Å². The van der Waals surface area contributed by atoms with Crippen LogP contribution < -0.4 is 5.56 Å². The first-order valence-corrected chi connectivity index (χ1v) is 6.53. The zero-order valence-electron chi connectivity index (χ0n) is 12.0. The molecule has 0 unspecified atom stereocenters. The van der Waals surface area contributed by atoms with Crippen molar-refractivity contribution in [1.82, 2.24) is 19.4 Å². The van der Waals surface area contributed by atoms with Crippen LogP contribution >= 0.6 is 0 Å². The van der Waals surface area contributed by atoms with Gasteiger partial charge in [0, 0.05) is 5.92 Å². The second kappa shape index (κ2) is 5.07. The van der Waals surface area contributed by atoms with E-state index in [0.717, 1.165) is 10.4 Å². The topological polar surface area (TPSA) is 89.5 Å². The zero-order chi connectivity index (χ0) is 15.0. The number of fused-ring (bicyclic) bond motifs is 1. The summed E-state index contributed by atoms with van der Waals surface area (Å²) < 4.78 is 2.51. The molecule has 7 heteroatoms. The summed E-state index contributed by atoms with van der Waals surface area (Å²) >= 11 is 0. The fourth-order valence-electron chi connectivity index (χ4n) is 1.95. The summed E-state index contributed by atoms with van der Waals surface area (Å²) in [5, 5.41) is 17.4. The van der Waals surface area contributed by atoms with Crippen LogP contribution in [-0.2, 0) is 11.3 Å². The minimum Gasteiger partial charge on any atom is -0.480 e. The Morgan fingerprint density at radius 2 is 1.90 bits per heavy atom. The fraction of sp³-hybridized carbons (Fsp3) is 0.538. The summed E-state index contributed by atoms with van der Waals surface area (Å²) in [6.07, 6.45) is 0. The number of aliphatic carboxylic acids is 1. The van der Waals surface area contributed by atoms with E-state index in [1.54, 1.807) is 6.07 Å². The van der Waals surface area contributed by atoms with Crippen LogP contribution in [0.2, 0.25) is 0 Å². The van der Waals surface area contributed by atoms with E-state index in [4.69, 9.17) is 5.11 Å². The molecule has 108 valence electrons. The molecule has 0 radical (unpaired) electrons. The fourth-order valence-corrected chi connectivity index (χ4v) is 1.95. The SMILES string of the molecule is CC(C)c1cc2c(=O)n(CC(=O)O)nc(C(C)C)n2n1. The van der Waals surface area contributed by atoms with Crippen molar-refractivity contribution in [3.05, 3.63) is 27.9 Å². The van der Waals surface area contributed by atoms with E-state index < -0.39 is 18.1 Å². The van der Waals surface area contributed by atoms with Gasteiger partial charge in [0.1, 0.15) is 12.1 Å². The van der Waals surface area contributed by atoms with Gasteiger partial charge in [0.25, 0.3) is 5.56 Å². The molecule has 0 aliphatic heterocycles. The smallest absolute Gasteiger partial charge is 0.325 e. The lowest BCUT2D eigenvalue weighted by molar-refractivity contribution is -0.138. The maximum atomic E-state index is 12.3. The van der Waals surface area contributed by atoms with Crippen molar-refractivity contribution in [3.8, 4) is 0 Å². The number of aromatic nitrogens is 4. The van der Waals surface area contributed by atoms with Crippen LogP contribution in [0.4, 0.5) is 0 Å². The highest BCUT2D eigenvalue weighted by Gasteiger charge is 2.18. The van der Waals surface area contributed by atoms with Crippen molar-refractivity contribution in [2.45, 2.75) is 46.1 Å². The van der Waals surface area contributed by atoms with Crippen LogP contribution in [0, 0.1) is 0 Å². The molecule has 0 aliphatic carbocycles. The van der Waals surface area contributed by atoms with Gasteiger partial charge in [-0.1, -0.05) is 27.7 Å². The van der Waals surface area contributed by atoms with Crippen LogP contribution in [0.25, 0.3) is 5.52 Å². The first kappa shape index (κ1) is 14.2. The maximum absolute atomic E-state index is 12.3. The molecule has 0 aromatic carbocycles. The molecule has 7 nitrogen and oxygen atoms in total. The maximum Gasteiger partial charge on any atom is 0.325 e. The Kier molecular flexibility index (Phi) is 3.61. The Hall–Kier alpha value is -2.18. The summed E-state index contributed by atoms with van der Waals surface area (Å²) in [6.45, 7) is 7.37. The first-order valence-electron chi connectivity index (χ1n) is 6.53. The third kappa shape index (κ3) is 2.43. The third-order valence-corrected chi connectivity index (χ3v) is 3.01. The average molecular weight is 278 g/mol. The number of nitrogens with zero attached hydrogens (tertiary/aromatic N) is 4. The van der Waals surface area contributed by atoms with Gasteiger partial charge in [0.15, 0.2) is 5.82 Å². The highest BCUT2D eigenvalue weighted by molar-refractivity contribution is 5.66. The van der Waals surface area contributed by atoms with E-state index in [9.17, 15) is 9.59 Å². The lowest BCUT2D eigenvalue weighted by atomic mass is 10.1. The largest absolute Gasteiger partial charge is 0.480 e. The lowest BCUT2D eigenvalue weighted by Gasteiger charge is -2.10. The molecule has 0 spiro atoms. The van der Waals surface area contributed by atoms with E-state index in [2.05, 4.69) is 10.2 Å². The molecule has 0 saturated carbocycles. The van der Waals surface area contributed by atoms with Gasteiger partial charge in [-0.05, 0) is 12.0 Å². The molecule has 2 aromatic heterocycles. The van der Waals surface area contributed by atoms with Crippen molar-refractivity contribution < 1.29 is 9.90 Å². The van der Waals surface area contributed by atoms with Crippen LogP contribution in [-0.4, -0.2) is 30.5 Å². The minimum absolute atomic E-state index is 0.0260. The van der Waals surface area contributed by atoms with Crippen molar-refractivity contribution in [3.63, 3.8) is 0 Å². The molecule has 0 bridgehead atoms. The molecule has 0 saturated heterocycles. The van der Waals surface area contributed by atoms with E-state index in [-0.39, 0.29) is 11.8 Å². The van der Waals surface area contributed by atoms with Crippen molar-refractivity contribution in [2.75, 3.05) is 0 Å². The van der Waals surface area contributed by atoms with Crippen LogP contribution in [0.5, 0.6) is 0 Å². The van der Waals surface area contributed by atoms with E-state index >= 15 is 0 Å². The van der Waals surface area contributed by atoms with Crippen molar-refractivity contribution >= 4 is 11.5 Å². The van der Waals surface area contributed by atoms with Gasteiger partial charge in [0.05, 0.1) is 5.69 Å². The predicted octanol–water partition coefficient (Wildman–Crippen LogP) is 1.22. The van der Waals surface area contributed by atoms with Crippen molar-refractivity contribution in [1.29, 1.82) is 0 Å². The molecular weight excluding hydrogens is 260 g/mol. The highest BCUT2D eigenvalue weighted by Crippen LogP contribution is 2.17. The Balaban J connectivity index is 2.77. The van der Waals surface area contributed by atoms with Crippen LogP contribution in [0.15, 0.2) is 10.9 Å². The van der Waals surface area contributed by atoms with Gasteiger partial charge in [-0.3, -0.25) is 9.59 Å². The first-order chi connectivity index (χ1) is 9.31. The van der Waals surface area contributed by atoms with Gasteiger partial charge >= 0.3 is 5.97 Å². The summed E-state index contributed by atoms with van der Waals surface area (Å²) in [5.74, 6) is -0.310. The summed E-state index contributed by atoms with van der Waals surface area (Å²) in [7, 11) is 0. The minimum atomic E-state index is -1.10. The molecular formula is C13H18N4O3. The highest BCUT2D eigenvalue weighted by atomic mass is 16.4. The molecule has 2 rings (SSSR count). The summed E-state index contributed by atoms with van der Waals surface area (Å²) in [4.78, 5) is 23.1. The molecule has 0 atom stereocenters. The van der Waals surface area contributed by atoms with Gasteiger partial charge in [-0.2, -0.15) is 10.2 Å². The average Bonchev–Trinajstić information content (AvgIpc) is 2.77. The van der Waals surface area contributed by atoms with E-state index in [1.807, 2.05) is 27.7 Å². The molecule has 0 amide bonds. The standard InChI is InChI=1S/C13H18N4O3/c1-7(2)9-5-10-13(20)16(6-11(18)19)15-12(8(3)4)17(10)14-9/h5,7-8H,6H2,1-4H3,(H,18,19). The molecule has 1 N–H and O–H groups in total. The third-order valence-electron chi connectivity index (χ3n) is 3.01. The summed E-state index contributed by atoms with van der Waals surface area (Å²) in [6, 6.07) is 1.71. The molecule has 20 heavy (non-hydrogen) atoms. The number of hydrogen-bond donors (Lipinski definition) is 1. The zero-order valence-corrected chi connectivity index (χ0v) is 12.0. The molecule has 2 aromatic rings. The van der Waals surface area contributed by atoms with E-state index in [0.29, 0.717) is 11.3 Å². The quantitative estimate of drug-likeness (QED) is 0.908. The normalized spacial score (nSPS) is 11.7. The van der Waals surface area contributed by atoms with Crippen molar-refractivity contribution in [2.24, 2.45) is 0 Å². The number of carboxylic acid groups (broad SMARTS) is 1. The Morgan fingerprint density at radius 1 is 1.25 bits per heavy atom. The second-order valence-corrected chi connectivity index (χ2v) is 5.39. The number of hydrogen-bond acceptors (Lipinski definition) is 4. The second-order valence-electron chi connectivity index (χ2n) is 5.39. The number of rotatable bonds is 4. The lowest BCUT2D eigenvalue weighted by Crippen LogP contribution is -2.30. The molecule has 0 aliphatic rings. The van der Waals surface area contributed by atoms with Crippen LogP contribution in [0.3, 0.4) is 0 Å². The molecule has 2 heterocycles. The van der Waals surface area contributed by atoms with Gasteiger partial charge in [-0.25, -0.2) is 9.20 Å². The van der Waals surface area contributed by atoms with Crippen LogP contribution in [0.1, 0.15) is 51.0 Å². The number of carbonyl (C=O) groups is 1. The Morgan fingerprint density at radius 3 is 2.40 bits per heavy atom. The van der Waals surface area contributed by atoms with Gasteiger partial charge < -0.3 is 5.11 Å². The van der Waals surface area contributed by atoms with Gasteiger partial charge in [-0.15, -0.1) is 0 Å².